The summed E-state index contributed by atoms with van der Waals surface area (Å²) in [5.74, 6) is 1.85. The smallest absolute Gasteiger partial charge is 0.119 e. The van der Waals surface area contributed by atoms with Crippen LogP contribution < -0.4 is 14.8 Å². The van der Waals surface area contributed by atoms with Crippen LogP contribution in [0.3, 0.4) is 0 Å². The molecule has 2 rings (SSSR count). The molecule has 0 fully saturated rings. The van der Waals surface area contributed by atoms with Crippen LogP contribution in [0.15, 0.2) is 48.5 Å². The predicted octanol–water partition coefficient (Wildman–Crippen LogP) is 7.21. The minimum atomic E-state index is 0.0783. The number of hydrogen-bond donors (Lipinski definition) is 1. The van der Waals surface area contributed by atoms with Crippen molar-refractivity contribution >= 4 is 5.69 Å². The molecule has 1 unspecified atom stereocenters. The van der Waals surface area contributed by atoms with Gasteiger partial charge in [0.1, 0.15) is 17.6 Å². The maximum Gasteiger partial charge on any atom is 0.119 e. The van der Waals surface area contributed by atoms with Gasteiger partial charge in [0.15, 0.2) is 0 Å². The first-order valence-corrected chi connectivity index (χ1v) is 11.1. The number of nitrogens with one attached hydrogen (secondary N) is 1. The van der Waals surface area contributed by atoms with Gasteiger partial charge in [-0.3, -0.25) is 0 Å². The molecule has 1 atom stereocenters. The zero-order valence-electron chi connectivity index (χ0n) is 19.0. The van der Waals surface area contributed by atoms with Gasteiger partial charge in [-0.2, -0.15) is 0 Å². The van der Waals surface area contributed by atoms with Gasteiger partial charge in [0, 0.05) is 5.69 Å². The van der Waals surface area contributed by atoms with Crippen LogP contribution in [0.4, 0.5) is 5.69 Å². The molecule has 29 heavy (non-hydrogen) atoms. The highest BCUT2D eigenvalue weighted by Gasteiger charge is 2.13. The molecule has 0 spiro atoms. The average molecular weight is 398 g/mol. The number of rotatable bonds is 12. The van der Waals surface area contributed by atoms with Crippen molar-refractivity contribution in [2.45, 2.75) is 78.2 Å². The van der Waals surface area contributed by atoms with E-state index in [1.165, 1.54) is 31.2 Å². The fourth-order valence-electron chi connectivity index (χ4n) is 3.13. The molecule has 2 aromatic carbocycles. The third-order valence-electron chi connectivity index (χ3n) is 5.02. The Morgan fingerprint density at radius 2 is 1.45 bits per heavy atom. The molecule has 0 amide bonds. The maximum atomic E-state index is 6.03. The first-order valence-electron chi connectivity index (χ1n) is 11.1. The summed E-state index contributed by atoms with van der Waals surface area (Å²) in [5, 5.41) is 3.44. The third-order valence-corrected chi connectivity index (χ3v) is 5.02. The highest BCUT2D eigenvalue weighted by atomic mass is 16.5. The van der Waals surface area contributed by atoms with Crippen LogP contribution in [0.2, 0.25) is 0 Å². The molecule has 0 aliphatic rings. The molecule has 160 valence electrons. The average Bonchev–Trinajstić information content (AvgIpc) is 2.70. The molecule has 2 aromatic rings. The van der Waals surface area contributed by atoms with E-state index in [0.29, 0.717) is 0 Å². The van der Waals surface area contributed by atoms with Gasteiger partial charge in [-0.1, -0.05) is 65.5 Å². The van der Waals surface area contributed by atoms with Crippen LogP contribution >= 0.6 is 0 Å². The molecule has 0 heterocycles. The van der Waals surface area contributed by atoms with E-state index in [-0.39, 0.29) is 11.5 Å². The van der Waals surface area contributed by atoms with Gasteiger partial charge in [-0.05, 0) is 60.7 Å². The summed E-state index contributed by atoms with van der Waals surface area (Å²) < 4.78 is 11.9. The Bertz CT molecular complexity index is 686. The van der Waals surface area contributed by atoms with Crippen molar-refractivity contribution in [1.29, 1.82) is 0 Å². The summed E-state index contributed by atoms with van der Waals surface area (Å²) in [4.78, 5) is 0. The first kappa shape index (κ1) is 23.1. The van der Waals surface area contributed by atoms with Gasteiger partial charge in [0.2, 0.25) is 0 Å². The van der Waals surface area contributed by atoms with Crippen molar-refractivity contribution in [2.24, 2.45) is 0 Å². The molecule has 0 aromatic heterocycles. The Morgan fingerprint density at radius 3 is 2.07 bits per heavy atom. The van der Waals surface area contributed by atoms with E-state index in [9.17, 15) is 0 Å². The SMILES string of the molecule is CCCCCCCOc1ccc(NCC(C)Oc2ccc(C(C)(C)C)cc2)cc1. The second-order valence-electron chi connectivity index (χ2n) is 8.87. The van der Waals surface area contributed by atoms with Gasteiger partial charge in [0.05, 0.1) is 13.2 Å². The van der Waals surface area contributed by atoms with E-state index >= 15 is 0 Å². The third kappa shape index (κ3) is 8.81. The summed E-state index contributed by atoms with van der Waals surface area (Å²) in [5.41, 5.74) is 2.56. The number of hydrogen-bond acceptors (Lipinski definition) is 3. The summed E-state index contributed by atoms with van der Waals surface area (Å²) in [6.07, 6.45) is 6.38. The fourth-order valence-corrected chi connectivity index (χ4v) is 3.13. The Kier molecular flexibility index (Phi) is 9.37. The molecule has 0 aliphatic heterocycles. The Balaban J connectivity index is 1.69. The molecule has 1 N–H and O–H groups in total. The van der Waals surface area contributed by atoms with E-state index < -0.39 is 0 Å². The first-order chi connectivity index (χ1) is 13.9. The van der Waals surface area contributed by atoms with E-state index in [1.807, 2.05) is 12.1 Å². The predicted molar refractivity (Wildman–Crippen MR) is 124 cm³/mol. The van der Waals surface area contributed by atoms with Gasteiger partial charge >= 0.3 is 0 Å². The largest absolute Gasteiger partial charge is 0.494 e. The number of unbranched alkanes of at least 4 members (excludes halogenated alkanes) is 4. The Hall–Kier alpha value is -2.16. The highest BCUT2D eigenvalue weighted by molar-refractivity contribution is 5.46. The molecule has 3 nitrogen and oxygen atoms in total. The Labute approximate surface area is 177 Å². The highest BCUT2D eigenvalue weighted by Crippen LogP contribution is 2.24. The molecule has 0 aliphatic carbocycles. The van der Waals surface area contributed by atoms with Crippen LogP contribution in [0, 0.1) is 0 Å². The lowest BCUT2D eigenvalue weighted by Crippen LogP contribution is -2.22. The second kappa shape index (κ2) is 11.7. The minimum Gasteiger partial charge on any atom is -0.494 e. The monoisotopic (exact) mass is 397 g/mol. The number of anilines is 1. The number of ether oxygens (including phenoxy) is 2. The summed E-state index contributed by atoms with van der Waals surface area (Å²) >= 11 is 0. The lowest BCUT2D eigenvalue weighted by molar-refractivity contribution is 0.234. The molecular formula is C26H39NO2. The van der Waals surface area contributed by atoms with E-state index in [2.05, 4.69) is 76.3 Å². The van der Waals surface area contributed by atoms with Crippen molar-refractivity contribution in [2.75, 3.05) is 18.5 Å². The van der Waals surface area contributed by atoms with Crippen molar-refractivity contribution < 1.29 is 9.47 Å². The van der Waals surface area contributed by atoms with Crippen molar-refractivity contribution in [3.8, 4) is 11.5 Å². The van der Waals surface area contributed by atoms with Gasteiger partial charge in [0.25, 0.3) is 0 Å². The van der Waals surface area contributed by atoms with Crippen LogP contribution in [-0.2, 0) is 5.41 Å². The normalized spacial score (nSPS) is 12.4. The summed E-state index contributed by atoms with van der Waals surface area (Å²) in [7, 11) is 0. The molecule has 0 radical (unpaired) electrons. The zero-order chi connectivity index (χ0) is 21.1. The van der Waals surface area contributed by atoms with Crippen LogP contribution in [0.1, 0.15) is 72.3 Å². The van der Waals surface area contributed by atoms with Crippen LogP contribution in [0.25, 0.3) is 0 Å². The quantitative estimate of drug-likeness (QED) is 0.384. The molecule has 3 heteroatoms. The minimum absolute atomic E-state index is 0.0783. The van der Waals surface area contributed by atoms with Crippen molar-refractivity contribution in [3.05, 3.63) is 54.1 Å². The molecule has 0 bridgehead atoms. The maximum absolute atomic E-state index is 6.03. The van der Waals surface area contributed by atoms with Crippen molar-refractivity contribution in [3.63, 3.8) is 0 Å². The van der Waals surface area contributed by atoms with Gasteiger partial charge in [-0.25, -0.2) is 0 Å². The van der Waals surface area contributed by atoms with E-state index in [4.69, 9.17) is 9.47 Å². The molecule has 0 saturated heterocycles. The van der Waals surface area contributed by atoms with Gasteiger partial charge < -0.3 is 14.8 Å². The zero-order valence-corrected chi connectivity index (χ0v) is 19.0. The lowest BCUT2D eigenvalue weighted by Gasteiger charge is -2.20. The van der Waals surface area contributed by atoms with Crippen LogP contribution in [0.5, 0.6) is 11.5 Å². The van der Waals surface area contributed by atoms with Crippen LogP contribution in [-0.4, -0.2) is 19.3 Å². The number of benzene rings is 2. The topological polar surface area (TPSA) is 30.5 Å². The van der Waals surface area contributed by atoms with E-state index in [1.54, 1.807) is 0 Å². The fraction of sp³-hybridized carbons (Fsp3) is 0.538. The summed E-state index contributed by atoms with van der Waals surface area (Å²) in [6, 6.07) is 16.6. The summed E-state index contributed by atoms with van der Waals surface area (Å²) in [6.45, 7) is 12.5. The molecule has 0 saturated carbocycles. The standard InChI is InChI=1S/C26H39NO2/c1-6-7-8-9-10-19-28-24-17-13-23(14-18-24)27-20-21(2)29-25-15-11-22(12-16-25)26(3,4)5/h11-18,21,27H,6-10,19-20H2,1-5H3. The van der Waals surface area contributed by atoms with Crippen molar-refractivity contribution in [1.82, 2.24) is 0 Å². The van der Waals surface area contributed by atoms with E-state index in [0.717, 1.165) is 36.8 Å². The lowest BCUT2D eigenvalue weighted by atomic mass is 9.87. The van der Waals surface area contributed by atoms with Gasteiger partial charge in [-0.15, -0.1) is 0 Å². The second-order valence-corrected chi connectivity index (χ2v) is 8.87. The molecular weight excluding hydrogens is 358 g/mol. The Morgan fingerprint density at radius 1 is 0.828 bits per heavy atom.